The van der Waals surface area contributed by atoms with Gasteiger partial charge in [0.05, 0.1) is 5.25 Å². The molecule has 0 saturated carbocycles. The molecule has 3 nitrogen and oxygen atoms in total. The van der Waals surface area contributed by atoms with Crippen LogP contribution in [0.3, 0.4) is 0 Å². The monoisotopic (exact) mass is 196 g/mol. The third kappa shape index (κ3) is 2.99. The summed E-state index contributed by atoms with van der Waals surface area (Å²) in [5.74, 6) is -0.313. The topological polar surface area (TPSA) is 69.1 Å². The van der Waals surface area contributed by atoms with Crippen molar-refractivity contribution in [3.63, 3.8) is 0 Å². The third-order valence-corrected chi connectivity index (χ3v) is 2.68. The van der Waals surface area contributed by atoms with E-state index in [4.69, 9.17) is 11.5 Å². The standard InChI is InChI=1S/C9H12N2OS/c1-6(9(11)12)13-8-4-2-3-7(10)5-8/h2-6H,10H2,1H3,(H2,11,12). The number of carbonyl (C=O) groups excluding carboxylic acids is 1. The number of carbonyl (C=O) groups is 1. The first-order valence-corrected chi connectivity index (χ1v) is 4.79. The van der Waals surface area contributed by atoms with Gasteiger partial charge in [0.2, 0.25) is 5.91 Å². The lowest BCUT2D eigenvalue weighted by atomic mass is 10.3. The molecule has 0 aliphatic heterocycles. The molecule has 0 fully saturated rings. The van der Waals surface area contributed by atoms with Crippen LogP contribution in [0.4, 0.5) is 5.69 Å². The zero-order valence-corrected chi connectivity index (χ0v) is 8.17. The molecule has 0 spiro atoms. The van der Waals surface area contributed by atoms with E-state index in [-0.39, 0.29) is 11.2 Å². The Labute approximate surface area is 81.5 Å². The normalized spacial score (nSPS) is 12.4. The van der Waals surface area contributed by atoms with Crippen LogP contribution in [0.2, 0.25) is 0 Å². The summed E-state index contributed by atoms with van der Waals surface area (Å²) in [6.07, 6.45) is 0. The largest absolute Gasteiger partial charge is 0.399 e. The van der Waals surface area contributed by atoms with Gasteiger partial charge < -0.3 is 11.5 Å². The fraction of sp³-hybridized carbons (Fsp3) is 0.222. The fourth-order valence-corrected chi connectivity index (χ4v) is 1.74. The molecule has 1 aromatic rings. The average Bonchev–Trinajstić information content (AvgIpc) is 2.04. The smallest absolute Gasteiger partial charge is 0.230 e. The van der Waals surface area contributed by atoms with Gasteiger partial charge in [-0.1, -0.05) is 6.07 Å². The van der Waals surface area contributed by atoms with Crippen molar-refractivity contribution in [3.05, 3.63) is 24.3 Å². The van der Waals surface area contributed by atoms with Crippen molar-refractivity contribution in [1.82, 2.24) is 0 Å². The van der Waals surface area contributed by atoms with Gasteiger partial charge in [-0.2, -0.15) is 0 Å². The fourth-order valence-electron chi connectivity index (χ4n) is 0.850. The number of benzene rings is 1. The molecule has 0 aliphatic rings. The van der Waals surface area contributed by atoms with Crippen molar-refractivity contribution in [1.29, 1.82) is 0 Å². The quantitative estimate of drug-likeness (QED) is 0.564. The first kappa shape index (κ1) is 9.92. The van der Waals surface area contributed by atoms with E-state index in [2.05, 4.69) is 0 Å². The van der Waals surface area contributed by atoms with Crippen LogP contribution in [-0.2, 0) is 4.79 Å². The number of amides is 1. The highest BCUT2D eigenvalue weighted by atomic mass is 32.2. The number of hydrogen-bond donors (Lipinski definition) is 2. The molecule has 0 aliphatic carbocycles. The van der Waals surface area contributed by atoms with Gasteiger partial charge in [0.15, 0.2) is 0 Å². The second-order valence-electron chi connectivity index (χ2n) is 2.73. The lowest BCUT2D eigenvalue weighted by Crippen LogP contribution is -2.22. The zero-order valence-electron chi connectivity index (χ0n) is 7.36. The Hall–Kier alpha value is -1.16. The molecule has 4 N–H and O–H groups in total. The van der Waals surface area contributed by atoms with Crippen LogP contribution >= 0.6 is 11.8 Å². The van der Waals surface area contributed by atoms with E-state index >= 15 is 0 Å². The van der Waals surface area contributed by atoms with Crippen LogP contribution in [0.1, 0.15) is 6.92 Å². The highest BCUT2D eigenvalue weighted by Crippen LogP contribution is 2.24. The molecule has 0 heterocycles. The van der Waals surface area contributed by atoms with Crippen molar-refractivity contribution in [3.8, 4) is 0 Å². The summed E-state index contributed by atoms with van der Waals surface area (Å²) >= 11 is 1.41. The van der Waals surface area contributed by atoms with Crippen molar-refractivity contribution >= 4 is 23.4 Å². The number of nitrogen functional groups attached to an aromatic ring is 1. The lowest BCUT2D eigenvalue weighted by Gasteiger charge is -2.06. The van der Waals surface area contributed by atoms with E-state index in [1.54, 1.807) is 13.0 Å². The molecule has 0 saturated heterocycles. The molecule has 1 atom stereocenters. The number of rotatable bonds is 3. The first-order valence-electron chi connectivity index (χ1n) is 3.91. The number of hydrogen-bond acceptors (Lipinski definition) is 3. The molecular formula is C9H12N2OS. The Bertz CT molecular complexity index is 314. The van der Waals surface area contributed by atoms with Crippen LogP contribution in [0.15, 0.2) is 29.2 Å². The van der Waals surface area contributed by atoms with Crippen LogP contribution in [0, 0.1) is 0 Å². The van der Waals surface area contributed by atoms with Gasteiger partial charge in [-0.3, -0.25) is 4.79 Å². The molecular weight excluding hydrogens is 184 g/mol. The van der Waals surface area contributed by atoms with Crippen LogP contribution in [0.25, 0.3) is 0 Å². The van der Waals surface area contributed by atoms with Crippen molar-refractivity contribution in [2.45, 2.75) is 17.1 Å². The average molecular weight is 196 g/mol. The number of nitrogens with two attached hydrogens (primary N) is 2. The summed E-state index contributed by atoms with van der Waals surface area (Å²) in [4.78, 5) is 11.7. The molecule has 13 heavy (non-hydrogen) atoms. The van der Waals surface area contributed by atoms with Gasteiger partial charge in [0, 0.05) is 10.6 Å². The minimum Gasteiger partial charge on any atom is -0.399 e. The molecule has 1 unspecified atom stereocenters. The van der Waals surface area contributed by atoms with Crippen LogP contribution in [-0.4, -0.2) is 11.2 Å². The zero-order chi connectivity index (χ0) is 9.84. The molecule has 4 heteroatoms. The predicted octanol–water partition coefficient (Wildman–Crippen LogP) is 1.23. The number of primary amides is 1. The first-order chi connectivity index (χ1) is 6.09. The molecule has 1 aromatic carbocycles. The van der Waals surface area contributed by atoms with E-state index in [0.717, 1.165) is 4.90 Å². The number of anilines is 1. The summed E-state index contributed by atoms with van der Waals surface area (Å²) in [7, 11) is 0. The Kier molecular flexibility index (Phi) is 3.19. The molecule has 1 rings (SSSR count). The van der Waals surface area contributed by atoms with Crippen molar-refractivity contribution in [2.24, 2.45) is 5.73 Å². The van der Waals surface area contributed by atoms with Gasteiger partial charge in [0.1, 0.15) is 0 Å². The van der Waals surface area contributed by atoms with E-state index < -0.39 is 0 Å². The summed E-state index contributed by atoms with van der Waals surface area (Å²) < 4.78 is 0. The highest BCUT2D eigenvalue weighted by molar-refractivity contribution is 8.00. The summed E-state index contributed by atoms with van der Waals surface area (Å²) in [5, 5.41) is -0.221. The highest BCUT2D eigenvalue weighted by Gasteiger charge is 2.09. The lowest BCUT2D eigenvalue weighted by molar-refractivity contribution is -0.117. The molecule has 0 aromatic heterocycles. The van der Waals surface area contributed by atoms with E-state index in [1.165, 1.54) is 11.8 Å². The van der Waals surface area contributed by atoms with Crippen LogP contribution in [0.5, 0.6) is 0 Å². The van der Waals surface area contributed by atoms with Gasteiger partial charge in [-0.15, -0.1) is 11.8 Å². The molecule has 0 bridgehead atoms. The third-order valence-electron chi connectivity index (χ3n) is 1.57. The Morgan fingerprint density at radius 1 is 1.54 bits per heavy atom. The Morgan fingerprint density at radius 2 is 2.23 bits per heavy atom. The van der Waals surface area contributed by atoms with Gasteiger partial charge in [-0.05, 0) is 25.1 Å². The SMILES string of the molecule is CC(Sc1cccc(N)c1)C(N)=O. The van der Waals surface area contributed by atoms with Gasteiger partial charge >= 0.3 is 0 Å². The molecule has 70 valence electrons. The van der Waals surface area contributed by atoms with Gasteiger partial charge in [-0.25, -0.2) is 0 Å². The second kappa shape index (κ2) is 4.18. The van der Waals surface area contributed by atoms with E-state index in [9.17, 15) is 4.79 Å². The summed E-state index contributed by atoms with van der Waals surface area (Å²) in [6.45, 7) is 1.77. The van der Waals surface area contributed by atoms with Crippen molar-refractivity contribution < 1.29 is 4.79 Å². The maximum absolute atomic E-state index is 10.8. The Balaban J connectivity index is 2.69. The van der Waals surface area contributed by atoms with Crippen LogP contribution < -0.4 is 11.5 Å². The Morgan fingerprint density at radius 3 is 2.77 bits per heavy atom. The number of thioether (sulfide) groups is 1. The summed E-state index contributed by atoms with van der Waals surface area (Å²) in [5.41, 5.74) is 11.4. The minimum absolute atomic E-state index is 0.221. The second-order valence-corrected chi connectivity index (χ2v) is 4.15. The molecule has 1 amide bonds. The maximum Gasteiger partial charge on any atom is 0.230 e. The van der Waals surface area contributed by atoms with E-state index in [0.29, 0.717) is 5.69 Å². The maximum atomic E-state index is 10.8. The van der Waals surface area contributed by atoms with Gasteiger partial charge in [0.25, 0.3) is 0 Å². The predicted molar refractivity (Wildman–Crippen MR) is 55.4 cm³/mol. The van der Waals surface area contributed by atoms with E-state index in [1.807, 2.05) is 18.2 Å². The molecule has 0 radical (unpaired) electrons. The van der Waals surface area contributed by atoms with Crippen molar-refractivity contribution in [2.75, 3.05) is 5.73 Å². The minimum atomic E-state index is -0.313. The summed E-state index contributed by atoms with van der Waals surface area (Å²) in [6, 6.07) is 7.38.